The number of nitrogens with zero attached hydrogens (tertiary/aromatic N) is 1. The van der Waals surface area contributed by atoms with Crippen molar-refractivity contribution in [1.29, 1.82) is 0 Å². The number of halogens is 1. The summed E-state index contributed by atoms with van der Waals surface area (Å²) in [4.78, 5) is 35.2. The molecule has 0 saturated carbocycles. The molecule has 0 aliphatic heterocycles. The number of carbonyl (C=O) groups excluding carboxylic acids is 3. The fourth-order valence-electron chi connectivity index (χ4n) is 3.05. The van der Waals surface area contributed by atoms with Gasteiger partial charge in [0, 0.05) is 12.0 Å². The van der Waals surface area contributed by atoms with Gasteiger partial charge in [-0.25, -0.2) is 9.59 Å². The maximum absolute atomic E-state index is 13.1. The number of benzene rings is 1. The molecule has 0 radical (unpaired) electrons. The van der Waals surface area contributed by atoms with Crippen LogP contribution in [-0.4, -0.2) is 53.3 Å². The Morgan fingerprint density at radius 1 is 1.31 bits per heavy atom. The van der Waals surface area contributed by atoms with Crippen LogP contribution in [0.15, 0.2) is 29.8 Å². The van der Waals surface area contributed by atoms with E-state index in [2.05, 4.69) is 9.47 Å². The Morgan fingerprint density at radius 3 is 2.46 bits per heavy atom. The van der Waals surface area contributed by atoms with E-state index in [0.717, 1.165) is 14.2 Å². The average molecular weight is 383 g/mol. The number of hydrogen-bond acceptors (Lipinski definition) is 8. The Kier molecular flexibility index (Phi) is 5.82. The Morgan fingerprint density at radius 2 is 1.92 bits per heavy atom. The van der Waals surface area contributed by atoms with Gasteiger partial charge in [0.2, 0.25) is 10.7 Å². The number of esters is 2. The fourth-order valence-corrected chi connectivity index (χ4v) is 3.53. The predicted molar refractivity (Wildman–Crippen MR) is 91.2 cm³/mol. The highest BCUT2D eigenvalue weighted by Gasteiger charge is 2.57. The number of carbonyl (C=O) groups is 3. The van der Waals surface area contributed by atoms with Gasteiger partial charge in [-0.15, -0.1) is 0 Å². The first-order chi connectivity index (χ1) is 12.2. The first-order valence-corrected chi connectivity index (χ1v) is 7.94. The number of Topliss-reactive ketones (excluding diaryl/α,β-unsaturated/α-hetero) is 1. The summed E-state index contributed by atoms with van der Waals surface area (Å²) in [5.74, 6) is -4.53. The number of hydrogen-bond donors (Lipinski definition) is 1. The smallest absolute Gasteiger partial charge is 0.341 e. The third kappa shape index (κ3) is 3.12. The first-order valence-electron chi connectivity index (χ1n) is 7.56. The van der Waals surface area contributed by atoms with Crippen LogP contribution in [0, 0.1) is 5.21 Å². The van der Waals surface area contributed by atoms with Crippen LogP contribution in [0.4, 0.5) is 0 Å². The minimum absolute atomic E-state index is 0.322. The molecular weight excluding hydrogens is 366 g/mol. The van der Waals surface area contributed by atoms with Crippen molar-refractivity contribution in [2.75, 3.05) is 14.2 Å². The van der Waals surface area contributed by atoms with Crippen molar-refractivity contribution < 1.29 is 29.1 Å². The van der Waals surface area contributed by atoms with Gasteiger partial charge in [-0.1, -0.05) is 35.9 Å². The Hall–Kier alpha value is -2.26. The molecule has 26 heavy (non-hydrogen) atoms. The molecule has 0 aromatic heterocycles. The number of ether oxygens (including phenoxy) is 2. The fraction of sp³-hybridized carbons (Fsp3) is 0.353. The van der Waals surface area contributed by atoms with E-state index < -0.39 is 45.4 Å². The summed E-state index contributed by atoms with van der Waals surface area (Å²) >= 11 is 6.46. The maximum Gasteiger partial charge on any atom is 0.341 e. The van der Waals surface area contributed by atoms with Crippen molar-refractivity contribution in [2.45, 2.75) is 23.8 Å². The van der Waals surface area contributed by atoms with Gasteiger partial charge in [-0.2, -0.15) is 0 Å². The molecular formula is C17H17ClNO7-. The van der Waals surface area contributed by atoms with E-state index in [1.54, 1.807) is 24.3 Å². The summed E-state index contributed by atoms with van der Waals surface area (Å²) < 4.78 is 9.30. The average Bonchev–Trinajstić information content (AvgIpc) is 2.73. The van der Waals surface area contributed by atoms with Gasteiger partial charge in [0.1, 0.15) is 5.57 Å². The largest absolute Gasteiger partial charge is 0.762 e. The lowest BCUT2D eigenvalue weighted by atomic mass is 9.77. The molecule has 1 aromatic carbocycles. The lowest BCUT2D eigenvalue weighted by Gasteiger charge is -2.40. The molecule has 1 aliphatic carbocycles. The molecule has 1 N–H and O–H groups in total. The molecule has 0 heterocycles. The van der Waals surface area contributed by atoms with E-state index in [1.165, 1.54) is 13.0 Å². The van der Waals surface area contributed by atoms with E-state index in [0.29, 0.717) is 11.1 Å². The van der Waals surface area contributed by atoms with Crippen molar-refractivity contribution in [3.05, 3.63) is 46.2 Å². The first kappa shape index (κ1) is 20.1. The summed E-state index contributed by atoms with van der Waals surface area (Å²) in [6.07, 6.45) is 1.24. The van der Waals surface area contributed by atoms with Crippen LogP contribution in [-0.2, 0) is 23.9 Å². The molecule has 8 nitrogen and oxygen atoms in total. The SMILES string of the molecule is COC(=O)C1=Cc2ccccc2[C@@H]([C@@H](C)N([O-])O)[C@@](Cl)(C(=O)OC)C1=O. The Bertz CT molecular complexity index is 776. The molecule has 2 rings (SSSR count). The molecule has 0 saturated heterocycles. The van der Waals surface area contributed by atoms with Gasteiger partial charge in [-0.05, 0) is 24.1 Å². The molecule has 9 heteroatoms. The monoisotopic (exact) mass is 382 g/mol. The van der Waals surface area contributed by atoms with Crippen LogP contribution in [0.25, 0.3) is 6.08 Å². The summed E-state index contributed by atoms with van der Waals surface area (Å²) in [6.45, 7) is 1.30. The number of methoxy groups -OCH3 is 2. The number of fused-ring (bicyclic) bond motifs is 1. The van der Waals surface area contributed by atoms with E-state index in [4.69, 9.17) is 11.6 Å². The summed E-state index contributed by atoms with van der Waals surface area (Å²) in [5, 5.41) is 20.6. The van der Waals surface area contributed by atoms with Crippen LogP contribution >= 0.6 is 11.6 Å². The van der Waals surface area contributed by atoms with E-state index in [1.807, 2.05) is 0 Å². The van der Waals surface area contributed by atoms with Gasteiger partial charge >= 0.3 is 11.9 Å². The van der Waals surface area contributed by atoms with Crippen LogP contribution in [0.5, 0.6) is 0 Å². The highest BCUT2D eigenvalue weighted by molar-refractivity contribution is 6.51. The Balaban J connectivity index is 2.86. The lowest BCUT2D eigenvalue weighted by molar-refractivity contribution is -0.150. The second kappa shape index (κ2) is 7.55. The molecule has 140 valence electrons. The van der Waals surface area contributed by atoms with Gasteiger partial charge in [0.25, 0.3) is 0 Å². The molecule has 0 bridgehead atoms. The highest BCUT2D eigenvalue weighted by Crippen LogP contribution is 2.45. The van der Waals surface area contributed by atoms with Crippen LogP contribution in [0.3, 0.4) is 0 Å². The van der Waals surface area contributed by atoms with Gasteiger partial charge in [0.15, 0.2) is 0 Å². The predicted octanol–water partition coefficient (Wildman–Crippen LogP) is 1.64. The zero-order valence-corrected chi connectivity index (χ0v) is 15.0. The summed E-state index contributed by atoms with van der Waals surface area (Å²) in [6, 6.07) is 5.08. The minimum Gasteiger partial charge on any atom is -0.762 e. The normalized spacial score (nSPS) is 23.6. The van der Waals surface area contributed by atoms with Gasteiger partial charge < -0.3 is 19.9 Å². The topological polar surface area (TPSA) is 116 Å². The molecule has 0 fully saturated rings. The zero-order valence-electron chi connectivity index (χ0n) is 14.3. The van der Waals surface area contributed by atoms with Crippen LogP contribution < -0.4 is 0 Å². The second-order valence-electron chi connectivity index (χ2n) is 5.73. The van der Waals surface area contributed by atoms with Crippen molar-refractivity contribution in [3.8, 4) is 0 Å². The van der Waals surface area contributed by atoms with E-state index >= 15 is 0 Å². The molecule has 0 amide bonds. The zero-order chi connectivity index (χ0) is 19.6. The second-order valence-corrected chi connectivity index (χ2v) is 6.33. The van der Waals surface area contributed by atoms with Crippen molar-refractivity contribution in [2.24, 2.45) is 0 Å². The maximum atomic E-state index is 13.1. The van der Waals surface area contributed by atoms with Crippen LogP contribution in [0.2, 0.25) is 0 Å². The van der Waals surface area contributed by atoms with Crippen molar-refractivity contribution in [1.82, 2.24) is 5.23 Å². The summed E-state index contributed by atoms with van der Waals surface area (Å²) in [7, 11) is 2.10. The van der Waals surface area contributed by atoms with Gasteiger partial charge in [-0.3, -0.25) is 10.0 Å². The molecule has 3 atom stereocenters. The number of rotatable bonds is 4. The number of alkyl halides is 1. The van der Waals surface area contributed by atoms with Crippen molar-refractivity contribution >= 4 is 35.4 Å². The lowest BCUT2D eigenvalue weighted by Crippen LogP contribution is -2.53. The number of hydroxylamine groups is 2. The third-order valence-corrected chi connectivity index (χ3v) is 4.91. The van der Waals surface area contributed by atoms with Gasteiger partial charge in [0.05, 0.1) is 14.2 Å². The molecule has 0 unspecified atom stereocenters. The minimum atomic E-state index is -2.45. The van der Waals surface area contributed by atoms with E-state index in [9.17, 15) is 24.8 Å². The molecule has 0 spiro atoms. The third-order valence-electron chi connectivity index (χ3n) is 4.35. The standard InChI is InChI=1S/C17H17ClNO7/c1-9(19(23)24)13-11-7-5-4-6-10(11)8-12(15(21)25-2)14(20)17(13,18)16(22)26-3/h4-9,13,23H,1-3H3/q-1/t9-,13-,17+/m1/s1. The number of ketones is 1. The summed E-state index contributed by atoms with van der Waals surface area (Å²) in [5.41, 5.74) is 0.236. The highest BCUT2D eigenvalue weighted by atomic mass is 35.5. The molecule has 1 aliphatic rings. The molecule has 1 aromatic rings. The quantitative estimate of drug-likeness (QED) is 0.274. The Labute approximate surface area is 154 Å². The van der Waals surface area contributed by atoms with Crippen LogP contribution in [0.1, 0.15) is 24.0 Å². The van der Waals surface area contributed by atoms with Crippen molar-refractivity contribution in [3.63, 3.8) is 0 Å². The van der Waals surface area contributed by atoms with E-state index in [-0.39, 0.29) is 0 Å².